The third-order valence-corrected chi connectivity index (χ3v) is 4.09. The first-order valence-corrected chi connectivity index (χ1v) is 8.45. The van der Waals surface area contributed by atoms with Gasteiger partial charge < -0.3 is 14.8 Å². The molecule has 0 fully saturated rings. The van der Waals surface area contributed by atoms with E-state index in [-0.39, 0.29) is 18.4 Å². The van der Waals surface area contributed by atoms with Crippen LogP contribution in [0.2, 0.25) is 5.02 Å². The summed E-state index contributed by atoms with van der Waals surface area (Å²) in [5, 5.41) is 3.26. The fourth-order valence-corrected chi connectivity index (χ4v) is 2.75. The Hall–Kier alpha value is -3.05. The average molecular weight is 368 g/mol. The van der Waals surface area contributed by atoms with Crippen LogP contribution in [-0.4, -0.2) is 34.9 Å². The van der Waals surface area contributed by atoms with E-state index in [0.29, 0.717) is 16.3 Å². The van der Waals surface area contributed by atoms with Crippen LogP contribution >= 0.6 is 11.6 Å². The highest BCUT2D eigenvalue weighted by molar-refractivity contribution is 6.30. The van der Waals surface area contributed by atoms with Crippen LogP contribution in [0.5, 0.6) is 0 Å². The molecule has 1 N–H and O–H groups in total. The first-order valence-electron chi connectivity index (χ1n) is 8.07. The molecule has 0 saturated heterocycles. The second-order valence-corrected chi connectivity index (χ2v) is 6.29. The topological polar surface area (TPSA) is 54.3 Å². The minimum atomic E-state index is -0.285. The molecular weight excluding hydrogens is 350 g/mol. The van der Waals surface area contributed by atoms with Gasteiger partial charge in [-0.2, -0.15) is 0 Å². The van der Waals surface area contributed by atoms with Crippen molar-refractivity contribution in [2.75, 3.05) is 18.9 Å². The first-order chi connectivity index (χ1) is 12.5. The summed E-state index contributed by atoms with van der Waals surface area (Å²) in [6, 6.07) is 18.0. The normalized spacial score (nSPS) is 10.4. The minimum Gasteiger partial charge on any atom is -0.332 e. The van der Waals surface area contributed by atoms with Gasteiger partial charge in [-0.15, -0.1) is 0 Å². The third-order valence-electron chi connectivity index (χ3n) is 3.85. The Balaban J connectivity index is 1.61. The van der Waals surface area contributed by atoms with Crippen molar-refractivity contribution in [3.05, 3.63) is 83.6 Å². The lowest BCUT2D eigenvalue weighted by Gasteiger charge is -2.17. The van der Waals surface area contributed by atoms with Gasteiger partial charge in [-0.1, -0.05) is 17.7 Å². The number of halogens is 1. The average Bonchev–Trinajstić information content (AvgIpc) is 3.15. The van der Waals surface area contributed by atoms with Crippen molar-refractivity contribution in [1.82, 2.24) is 9.47 Å². The van der Waals surface area contributed by atoms with E-state index >= 15 is 0 Å². The summed E-state index contributed by atoms with van der Waals surface area (Å²) in [7, 11) is 1.60. The predicted molar refractivity (Wildman–Crippen MR) is 103 cm³/mol. The molecule has 6 heteroatoms. The molecular formula is C20H18ClN3O2. The molecule has 3 aromatic rings. The summed E-state index contributed by atoms with van der Waals surface area (Å²) in [4.78, 5) is 26.0. The van der Waals surface area contributed by atoms with Gasteiger partial charge in [-0.3, -0.25) is 9.59 Å². The molecule has 0 spiro atoms. The van der Waals surface area contributed by atoms with Crippen LogP contribution < -0.4 is 5.32 Å². The van der Waals surface area contributed by atoms with E-state index in [1.807, 2.05) is 41.2 Å². The number of hydrogen-bond acceptors (Lipinski definition) is 2. The number of hydrogen-bond donors (Lipinski definition) is 1. The molecule has 132 valence electrons. The molecule has 0 radical (unpaired) electrons. The number of benzene rings is 2. The number of aromatic nitrogens is 1. The highest BCUT2D eigenvalue weighted by Crippen LogP contribution is 2.15. The van der Waals surface area contributed by atoms with E-state index in [1.54, 1.807) is 43.4 Å². The Bertz CT molecular complexity index is 905. The summed E-state index contributed by atoms with van der Waals surface area (Å²) in [6.07, 6.45) is 3.87. The van der Waals surface area contributed by atoms with Gasteiger partial charge >= 0.3 is 0 Å². The summed E-state index contributed by atoms with van der Waals surface area (Å²) in [5.41, 5.74) is 2.09. The van der Waals surface area contributed by atoms with Crippen LogP contribution in [0.3, 0.4) is 0 Å². The van der Waals surface area contributed by atoms with Crippen molar-refractivity contribution >= 4 is 29.1 Å². The molecule has 0 unspecified atom stereocenters. The lowest BCUT2D eigenvalue weighted by Crippen LogP contribution is -2.34. The molecule has 2 aromatic carbocycles. The smallest absolute Gasteiger partial charge is 0.254 e. The second-order valence-electron chi connectivity index (χ2n) is 5.86. The SMILES string of the molecule is CN(CC(=O)Nc1cccc(Cl)c1)C(=O)c1ccc(-n2cccc2)cc1. The number of nitrogens with zero attached hydrogens (tertiary/aromatic N) is 2. The van der Waals surface area contributed by atoms with Crippen molar-refractivity contribution in [3.8, 4) is 5.69 Å². The Morgan fingerprint density at radius 2 is 1.73 bits per heavy atom. The van der Waals surface area contributed by atoms with E-state index in [1.165, 1.54) is 4.90 Å². The molecule has 0 atom stereocenters. The predicted octanol–water partition coefficient (Wildman–Crippen LogP) is 3.84. The van der Waals surface area contributed by atoms with E-state index in [0.717, 1.165) is 5.69 Å². The Kier molecular flexibility index (Phi) is 5.39. The molecule has 0 saturated carbocycles. The summed E-state index contributed by atoms with van der Waals surface area (Å²) in [6.45, 7) is -0.0509. The van der Waals surface area contributed by atoms with Gasteiger partial charge in [-0.05, 0) is 54.6 Å². The van der Waals surface area contributed by atoms with E-state index in [9.17, 15) is 9.59 Å². The number of rotatable bonds is 5. The summed E-state index contributed by atoms with van der Waals surface area (Å²) in [5.74, 6) is -0.502. The molecule has 2 amide bonds. The molecule has 26 heavy (non-hydrogen) atoms. The summed E-state index contributed by atoms with van der Waals surface area (Å²) < 4.78 is 1.95. The van der Waals surface area contributed by atoms with Crippen LogP contribution in [0.25, 0.3) is 5.69 Å². The Morgan fingerprint density at radius 1 is 1.04 bits per heavy atom. The molecule has 1 heterocycles. The lowest BCUT2D eigenvalue weighted by molar-refractivity contribution is -0.116. The number of carbonyl (C=O) groups is 2. The van der Waals surface area contributed by atoms with Gasteiger partial charge in [0.2, 0.25) is 5.91 Å². The maximum Gasteiger partial charge on any atom is 0.254 e. The van der Waals surface area contributed by atoms with Gasteiger partial charge in [0.15, 0.2) is 0 Å². The molecule has 0 aliphatic carbocycles. The second kappa shape index (κ2) is 7.89. The quantitative estimate of drug-likeness (QED) is 0.744. The zero-order valence-electron chi connectivity index (χ0n) is 14.2. The van der Waals surface area contributed by atoms with E-state index in [4.69, 9.17) is 11.6 Å². The van der Waals surface area contributed by atoms with Gasteiger partial charge in [0.05, 0.1) is 6.54 Å². The molecule has 0 aliphatic heterocycles. The van der Waals surface area contributed by atoms with Crippen molar-refractivity contribution < 1.29 is 9.59 Å². The Labute approximate surface area is 156 Å². The fraction of sp³-hybridized carbons (Fsp3) is 0.100. The number of amides is 2. The van der Waals surface area contributed by atoms with Crippen molar-refractivity contribution in [2.24, 2.45) is 0 Å². The fourth-order valence-electron chi connectivity index (χ4n) is 2.56. The van der Waals surface area contributed by atoms with E-state index < -0.39 is 0 Å². The lowest BCUT2D eigenvalue weighted by atomic mass is 10.2. The van der Waals surface area contributed by atoms with Gasteiger partial charge in [0.1, 0.15) is 0 Å². The van der Waals surface area contributed by atoms with Crippen molar-refractivity contribution in [3.63, 3.8) is 0 Å². The van der Waals surface area contributed by atoms with Crippen molar-refractivity contribution in [2.45, 2.75) is 0 Å². The molecule has 0 bridgehead atoms. The third kappa shape index (κ3) is 4.32. The number of carbonyl (C=O) groups excluding carboxylic acids is 2. The van der Waals surface area contributed by atoms with Crippen molar-refractivity contribution in [1.29, 1.82) is 0 Å². The van der Waals surface area contributed by atoms with Crippen LogP contribution in [0.4, 0.5) is 5.69 Å². The highest BCUT2D eigenvalue weighted by atomic mass is 35.5. The zero-order valence-corrected chi connectivity index (χ0v) is 15.0. The zero-order chi connectivity index (χ0) is 18.5. The van der Waals surface area contributed by atoms with Crippen LogP contribution in [0.15, 0.2) is 73.1 Å². The standard InChI is InChI=1S/C20H18ClN3O2/c1-23(14-19(25)22-17-6-4-5-16(21)13-17)20(26)15-7-9-18(10-8-15)24-11-2-3-12-24/h2-13H,14H2,1H3,(H,22,25). The largest absolute Gasteiger partial charge is 0.332 e. The van der Waals surface area contributed by atoms with Gasteiger partial charge in [0, 0.05) is 41.4 Å². The minimum absolute atomic E-state index is 0.0509. The monoisotopic (exact) mass is 367 g/mol. The molecule has 1 aromatic heterocycles. The van der Waals surface area contributed by atoms with Crippen LogP contribution in [-0.2, 0) is 4.79 Å². The van der Waals surface area contributed by atoms with Crippen LogP contribution in [0, 0.1) is 0 Å². The first kappa shape index (κ1) is 17.8. The van der Waals surface area contributed by atoms with E-state index in [2.05, 4.69) is 5.32 Å². The van der Waals surface area contributed by atoms with Gasteiger partial charge in [-0.25, -0.2) is 0 Å². The molecule has 3 rings (SSSR count). The number of anilines is 1. The number of likely N-dealkylation sites (N-methyl/N-ethyl adjacent to an activating group) is 1. The maximum atomic E-state index is 12.5. The summed E-state index contributed by atoms with van der Waals surface area (Å²) >= 11 is 5.90. The molecule has 0 aliphatic rings. The maximum absolute atomic E-state index is 12.5. The van der Waals surface area contributed by atoms with Crippen LogP contribution in [0.1, 0.15) is 10.4 Å². The Morgan fingerprint density at radius 3 is 2.38 bits per heavy atom. The number of nitrogens with one attached hydrogen (secondary N) is 1. The highest BCUT2D eigenvalue weighted by Gasteiger charge is 2.15. The molecule has 5 nitrogen and oxygen atoms in total. The van der Waals surface area contributed by atoms with Gasteiger partial charge in [0.25, 0.3) is 5.91 Å².